The first-order valence-electron chi connectivity index (χ1n) is 36.1. The van der Waals surface area contributed by atoms with Gasteiger partial charge in [-0.05, 0) is 107 Å². The summed E-state index contributed by atoms with van der Waals surface area (Å²) in [7, 11) is 5.06. The van der Waals surface area contributed by atoms with Gasteiger partial charge in [-0.25, -0.2) is 0 Å². The lowest BCUT2D eigenvalue weighted by Crippen LogP contribution is -2.60. The van der Waals surface area contributed by atoms with Crippen LogP contribution in [0.5, 0.6) is 0 Å². The van der Waals surface area contributed by atoms with Gasteiger partial charge in [-0.1, -0.05) is 151 Å². The number of halogens is 1. The van der Waals surface area contributed by atoms with Crippen molar-refractivity contribution in [1.29, 1.82) is 0 Å². The molecule has 0 spiro atoms. The molecule has 12 atom stereocenters. The minimum absolute atomic E-state index is 0.0302. The lowest BCUT2D eigenvalue weighted by atomic mass is 9.99. The van der Waals surface area contributed by atoms with Crippen LogP contribution in [0, 0.1) is 11.8 Å². The minimum atomic E-state index is -1.30. The number of benzene rings is 3. The van der Waals surface area contributed by atoms with E-state index in [-0.39, 0.29) is 68.2 Å². The number of hydrogen-bond acceptors (Lipinski definition) is 15. The number of carboxylic acid groups (broad SMARTS) is 1. The molecule has 1 aliphatic heterocycles. The predicted octanol–water partition coefficient (Wildman–Crippen LogP) is 5.77. The van der Waals surface area contributed by atoms with Crippen molar-refractivity contribution in [1.82, 2.24) is 61.7 Å². The quantitative estimate of drug-likeness (QED) is 0.00619. The molecular formula is C75H113ClN15O13S2. The van der Waals surface area contributed by atoms with E-state index in [1.165, 1.54) is 70.6 Å². The van der Waals surface area contributed by atoms with Gasteiger partial charge in [-0.2, -0.15) is 0 Å². The highest BCUT2D eigenvalue weighted by Crippen LogP contribution is 2.45. The zero-order valence-corrected chi connectivity index (χ0v) is 66.5. The van der Waals surface area contributed by atoms with Crippen LogP contribution in [0.2, 0.25) is 0 Å². The molecule has 28 nitrogen and oxygen atoms in total. The number of amides is 11. The van der Waals surface area contributed by atoms with E-state index in [2.05, 4.69) is 47.2 Å². The van der Waals surface area contributed by atoms with Crippen LogP contribution in [0.4, 0.5) is 0 Å². The van der Waals surface area contributed by atoms with Crippen LogP contribution in [0.1, 0.15) is 138 Å². The van der Waals surface area contributed by atoms with Crippen molar-refractivity contribution in [3.05, 3.63) is 118 Å². The number of nitrogens with one attached hydrogen (secondary N) is 7. The molecule has 8 N–H and O–H groups in total. The van der Waals surface area contributed by atoms with Gasteiger partial charge in [0.05, 0.1) is 6.04 Å². The second kappa shape index (κ2) is 44.0. The van der Waals surface area contributed by atoms with Gasteiger partial charge in [0.2, 0.25) is 65.0 Å². The Kier molecular flexibility index (Phi) is 37.3. The normalized spacial score (nSPS) is 16.1. The van der Waals surface area contributed by atoms with Crippen molar-refractivity contribution in [3.8, 4) is 0 Å². The highest BCUT2D eigenvalue weighted by molar-refractivity contribution is 8.78. The first kappa shape index (κ1) is 90.0. The average Bonchev–Trinajstić information content (AvgIpc) is 1.38. The molecular weight excluding hydrogens is 1420 g/mol. The van der Waals surface area contributed by atoms with Gasteiger partial charge in [-0.15, -0.1) is 33.2 Å². The third kappa shape index (κ3) is 28.7. The van der Waals surface area contributed by atoms with Crippen molar-refractivity contribution >= 4 is 104 Å². The summed E-state index contributed by atoms with van der Waals surface area (Å²) in [6.07, 6.45) is 2.20. The fourth-order valence-corrected chi connectivity index (χ4v) is 13.9. The third-order valence-electron chi connectivity index (χ3n) is 18.8. The van der Waals surface area contributed by atoms with E-state index in [1.807, 2.05) is 71.6 Å². The number of thiol groups is 1. The lowest BCUT2D eigenvalue weighted by Gasteiger charge is -2.36. The second-order valence-corrected chi connectivity index (χ2v) is 33.1. The number of carboxylic acids is 1. The highest BCUT2D eigenvalue weighted by Gasteiger charge is 2.41. The van der Waals surface area contributed by atoms with E-state index in [0.717, 1.165) is 10.5 Å². The van der Waals surface area contributed by atoms with E-state index in [0.29, 0.717) is 49.1 Å². The van der Waals surface area contributed by atoms with Crippen LogP contribution in [0.15, 0.2) is 96.1 Å². The number of carbonyl (C=O) groups excluding carboxylic acids is 11. The first-order valence-corrected chi connectivity index (χ1v) is 39.1. The molecule has 0 unspecified atom stereocenters. The Balaban J connectivity index is 1.52. The summed E-state index contributed by atoms with van der Waals surface area (Å²) in [4.78, 5) is 179. The molecule has 31 heteroatoms. The maximum atomic E-state index is 14.9. The molecule has 0 aromatic heterocycles. The molecule has 1 saturated heterocycles. The molecule has 585 valence electrons. The summed E-state index contributed by atoms with van der Waals surface area (Å²) in [6, 6.07) is 13.3. The molecule has 106 heavy (non-hydrogen) atoms. The molecule has 0 saturated carbocycles. The Labute approximate surface area is 637 Å². The number of azide groups is 1. The number of aliphatic carboxylic acids is 1. The number of likely N-dealkylation sites (tertiary alicyclic amines) is 1. The van der Waals surface area contributed by atoms with Crippen LogP contribution >= 0.6 is 33.2 Å². The Hall–Kier alpha value is -8.44. The van der Waals surface area contributed by atoms with Crippen LogP contribution in [0.25, 0.3) is 10.4 Å². The maximum absolute atomic E-state index is 14.9. The van der Waals surface area contributed by atoms with Gasteiger partial charge in [0.1, 0.15) is 72.3 Å². The molecule has 4 rings (SSSR count). The van der Waals surface area contributed by atoms with Crippen LogP contribution < -0.4 is 37.2 Å². The SMILES string of the molecule is CC(C)C[C@H](NC(=O)[C@H](CCCCN=[N+]=[N-])NC(=O)[C@H](Cc1ccccc1)NC(=O)CCl)C(=O)N(C)[C@@H](C)C(=O)N(C)[C@@H](CC(C)C)C(=O)N[C@@H](C)C(=O)N(C)[C@@H](Cc1ccccc1)C(=O)N(C)[C@@H](C)C(=O)N[C@@H](C)C(=O)N[C@@H](Cc1ccccc1)C(=O)N[C@H](CN1CCC[C@H]1C(=O)O)C[S](S)C(C)(C)C. The first-order chi connectivity index (χ1) is 49.9. The number of nitrogens with zero attached hydrogens (tertiary/aromatic N) is 8. The summed E-state index contributed by atoms with van der Waals surface area (Å²) in [5, 5.41) is 33.1. The molecule has 11 amide bonds. The van der Waals surface area contributed by atoms with Gasteiger partial charge in [0.25, 0.3) is 0 Å². The van der Waals surface area contributed by atoms with Crippen molar-refractivity contribution in [3.63, 3.8) is 0 Å². The molecule has 3 aromatic rings. The van der Waals surface area contributed by atoms with E-state index < -0.39 is 159 Å². The van der Waals surface area contributed by atoms with Gasteiger partial charge >= 0.3 is 5.97 Å². The molecule has 3 aromatic carbocycles. The van der Waals surface area contributed by atoms with Crippen LogP contribution in [-0.4, -0.2) is 237 Å². The van der Waals surface area contributed by atoms with Crippen molar-refractivity contribution in [2.75, 3.05) is 59.5 Å². The Morgan fingerprint density at radius 1 is 0.566 bits per heavy atom. The van der Waals surface area contributed by atoms with E-state index >= 15 is 0 Å². The fraction of sp³-hybridized carbons (Fsp3) is 0.600. The Bertz CT molecular complexity index is 3480. The summed E-state index contributed by atoms with van der Waals surface area (Å²) < 4.78 is -0.248. The summed E-state index contributed by atoms with van der Waals surface area (Å²) in [5.74, 6) is -8.71. The summed E-state index contributed by atoms with van der Waals surface area (Å²) >= 11 is 10.7. The van der Waals surface area contributed by atoms with E-state index in [1.54, 1.807) is 72.8 Å². The number of alkyl halides is 1. The Morgan fingerprint density at radius 2 is 1.05 bits per heavy atom. The Morgan fingerprint density at radius 3 is 1.57 bits per heavy atom. The molecule has 1 radical (unpaired) electrons. The number of carbonyl (C=O) groups is 12. The highest BCUT2D eigenvalue weighted by atomic mass is 35.5. The van der Waals surface area contributed by atoms with Crippen LogP contribution in [-0.2, 0) is 76.8 Å². The molecule has 1 aliphatic rings. The zero-order valence-electron chi connectivity index (χ0n) is 64.0. The van der Waals surface area contributed by atoms with Crippen LogP contribution in [0.3, 0.4) is 0 Å². The number of unbranched alkanes of at least 4 members (excludes halogenated alkanes) is 1. The van der Waals surface area contributed by atoms with E-state index in [4.69, 9.17) is 28.8 Å². The third-order valence-corrected chi connectivity index (χ3v) is 23.2. The minimum Gasteiger partial charge on any atom is -0.480 e. The zero-order chi connectivity index (χ0) is 79.3. The smallest absolute Gasteiger partial charge is 0.320 e. The number of hydrogen-bond donors (Lipinski definition) is 9. The second-order valence-electron chi connectivity index (χ2n) is 29.2. The van der Waals surface area contributed by atoms with Crippen molar-refractivity contribution in [2.24, 2.45) is 17.0 Å². The van der Waals surface area contributed by atoms with Crippen molar-refractivity contribution < 1.29 is 62.6 Å². The van der Waals surface area contributed by atoms with Crippen molar-refractivity contribution in [2.45, 2.75) is 218 Å². The largest absolute Gasteiger partial charge is 0.480 e. The van der Waals surface area contributed by atoms with Gasteiger partial charge in [0, 0.05) is 76.0 Å². The lowest BCUT2D eigenvalue weighted by molar-refractivity contribution is -0.150. The average molecular weight is 1530 g/mol. The molecule has 0 bridgehead atoms. The molecule has 1 heterocycles. The summed E-state index contributed by atoms with van der Waals surface area (Å²) in [6.45, 7) is 20.2. The molecule has 0 aliphatic carbocycles. The topological polar surface area (TPSA) is 374 Å². The number of likely N-dealkylation sites (N-methyl/N-ethyl adjacent to an activating group) is 4. The van der Waals surface area contributed by atoms with Gasteiger partial charge < -0.3 is 61.9 Å². The standard InChI is InChI=1S/C75H113ClN15O13S2/c1-46(2)38-59(85-66(95)56(34-25-26-36-78-86-77)83-68(97)57(82-63(92)43-76)40-52-28-19-16-20-29-52)72(101)88(13)51(8)71(100)89(14)61(39-47(3)4)69(98)80-49(6)70(99)90(15)62(42-54-32-23-18-24-33-54)73(102)87(12)50(7)65(94)79-48(5)64(93)84-58(41-53-30-21-17-22-31-53)67(96)81-55(45-106(105)75(9,10)11)44-91-37-27-35-60(91)74(103)104/h16-24,28-33,46-51,55-62,105H,25-27,34-45H2,1-15H3,(H,79,94)(H,80,98)(H,81,96)(H,82,92)(H,83,97)(H,84,93)(H,85,95)(H,103,104)/t48-,49-,50-,51-,55+,56-,57-,58-,59-,60-,61-,62-/m0/s1. The molecule has 1 fully saturated rings. The fourth-order valence-electron chi connectivity index (χ4n) is 12.2. The van der Waals surface area contributed by atoms with E-state index in [9.17, 15) is 62.6 Å². The summed E-state index contributed by atoms with van der Waals surface area (Å²) in [5.41, 5.74) is 11.0. The van der Waals surface area contributed by atoms with Gasteiger partial charge in [-0.3, -0.25) is 62.4 Å². The number of rotatable bonds is 42. The monoisotopic (exact) mass is 1530 g/mol. The maximum Gasteiger partial charge on any atom is 0.320 e. The van der Waals surface area contributed by atoms with Gasteiger partial charge in [0.15, 0.2) is 0 Å². The predicted molar refractivity (Wildman–Crippen MR) is 414 cm³/mol.